The Labute approximate surface area is 194 Å². The molecule has 0 atom stereocenters. The Hall–Kier alpha value is -1.03. The number of guanidine groups is 1. The van der Waals surface area contributed by atoms with Gasteiger partial charge in [0.25, 0.3) is 0 Å². The lowest BCUT2D eigenvalue weighted by Gasteiger charge is -2.33. The van der Waals surface area contributed by atoms with E-state index in [9.17, 15) is 4.79 Å². The van der Waals surface area contributed by atoms with E-state index in [1.807, 2.05) is 13.0 Å². The summed E-state index contributed by atoms with van der Waals surface area (Å²) >= 11 is 3.65. The van der Waals surface area contributed by atoms with Gasteiger partial charge >= 0.3 is 6.09 Å². The molecule has 158 valence electrons. The van der Waals surface area contributed by atoms with Crippen LogP contribution in [0.5, 0.6) is 0 Å². The summed E-state index contributed by atoms with van der Waals surface area (Å²) in [5, 5.41) is 6.93. The van der Waals surface area contributed by atoms with Crippen LogP contribution in [0.1, 0.15) is 39.2 Å². The first kappa shape index (κ1) is 25.0. The number of benzene rings is 1. The van der Waals surface area contributed by atoms with Gasteiger partial charge in [0.1, 0.15) is 0 Å². The van der Waals surface area contributed by atoms with Gasteiger partial charge in [0, 0.05) is 42.6 Å². The van der Waals surface area contributed by atoms with Crippen molar-refractivity contribution >= 4 is 52.0 Å². The molecule has 28 heavy (non-hydrogen) atoms. The van der Waals surface area contributed by atoms with E-state index in [0.29, 0.717) is 25.7 Å². The van der Waals surface area contributed by atoms with Gasteiger partial charge < -0.3 is 20.3 Å². The zero-order valence-electron chi connectivity index (χ0n) is 17.1. The Balaban J connectivity index is 0.00000392. The van der Waals surface area contributed by atoms with Gasteiger partial charge in [0.15, 0.2) is 5.96 Å². The number of halogens is 2. The van der Waals surface area contributed by atoms with Gasteiger partial charge in [0.05, 0.1) is 6.61 Å². The first-order chi connectivity index (χ1) is 12.9. The second-order valence-electron chi connectivity index (χ2n) is 7.39. The molecule has 2 N–H and O–H groups in total. The van der Waals surface area contributed by atoms with Crippen LogP contribution in [0.2, 0.25) is 0 Å². The molecule has 1 fully saturated rings. The van der Waals surface area contributed by atoms with Crippen molar-refractivity contribution in [3.63, 3.8) is 0 Å². The van der Waals surface area contributed by atoms with Crippen molar-refractivity contribution in [2.45, 2.75) is 45.1 Å². The summed E-state index contributed by atoms with van der Waals surface area (Å²) in [6.07, 6.45) is 1.55. The number of nitrogens with one attached hydrogen (secondary N) is 2. The normalized spacial score (nSPS) is 15.6. The highest BCUT2D eigenvalue weighted by atomic mass is 127. The molecule has 1 amide bonds. The van der Waals surface area contributed by atoms with Gasteiger partial charge in [-0.05, 0) is 31.4 Å². The number of hydrogen-bond acceptors (Lipinski definition) is 3. The third kappa shape index (κ3) is 7.09. The molecule has 0 unspecified atom stereocenters. The van der Waals surface area contributed by atoms with Gasteiger partial charge in [-0.15, -0.1) is 24.0 Å². The number of amides is 1. The number of nitrogens with zero attached hydrogens (tertiary/aromatic N) is 2. The van der Waals surface area contributed by atoms with Crippen molar-refractivity contribution in [1.29, 1.82) is 0 Å². The fourth-order valence-corrected chi connectivity index (χ4v) is 4.04. The number of hydrogen-bond donors (Lipinski definition) is 2. The summed E-state index contributed by atoms with van der Waals surface area (Å²) in [5.74, 6) is 0.796. The molecule has 0 spiro atoms. The quantitative estimate of drug-likeness (QED) is 0.319. The molecular formula is C20H32BrIN4O2. The average molecular weight is 567 g/mol. The molecule has 8 heteroatoms. The third-order valence-corrected chi connectivity index (χ3v) is 5.58. The number of aliphatic imine (C=N–C) groups is 1. The van der Waals surface area contributed by atoms with Crippen molar-refractivity contribution in [3.8, 4) is 0 Å². The molecule has 0 aromatic heterocycles. The van der Waals surface area contributed by atoms with E-state index >= 15 is 0 Å². The summed E-state index contributed by atoms with van der Waals surface area (Å²) in [4.78, 5) is 17.9. The van der Waals surface area contributed by atoms with Crippen LogP contribution in [-0.4, -0.2) is 56.3 Å². The Morgan fingerprint density at radius 1 is 1.32 bits per heavy atom. The van der Waals surface area contributed by atoms with Crippen molar-refractivity contribution in [2.24, 2.45) is 4.99 Å². The Bertz CT molecular complexity index is 661. The van der Waals surface area contributed by atoms with Crippen LogP contribution in [0, 0.1) is 0 Å². The molecule has 0 saturated carbocycles. The molecule has 1 saturated heterocycles. The lowest BCUT2D eigenvalue weighted by molar-refractivity contribution is 0.0963. The van der Waals surface area contributed by atoms with Gasteiger partial charge in [-0.3, -0.25) is 4.99 Å². The van der Waals surface area contributed by atoms with Gasteiger partial charge in [-0.25, -0.2) is 4.79 Å². The van der Waals surface area contributed by atoms with Crippen LogP contribution in [0.25, 0.3) is 0 Å². The van der Waals surface area contributed by atoms with Gasteiger partial charge in [0.2, 0.25) is 0 Å². The summed E-state index contributed by atoms with van der Waals surface area (Å²) in [6, 6.07) is 8.61. The third-order valence-electron chi connectivity index (χ3n) is 4.89. The van der Waals surface area contributed by atoms with Crippen LogP contribution in [0.3, 0.4) is 0 Å². The van der Waals surface area contributed by atoms with Gasteiger partial charge in [-0.1, -0.05) is 48.0 Å². The molecule has 1 aliphatic heterocycles. The van der Waals surface area contributed by atoms with Crippen molar-refractivity contribution in [2.75, 3.05) is 33.3 Å². The molecule has 1 aliphatic rings. The Morgan fingerprint density at radius 3 is 2.54 bits per heavy atom. The van der Waals surface area contributed by atoms with Crippen molar-refractivity contribution in [1.82, 2.24) is 15.5 Å². The molecule has 0 aliphatic carbocycles. The monoisotopic (exact) mass is 566 g/mol. The SMILES string of the molecule is CCOC(=O)N1CCC(NC(=NC)NCC(C)(C)c2ccccc2Br)CC1.I. The number of ether oxygens (including phenoxy) is 1. The molecule has 0 bridgehead atoms. The number of carbonyl (C=O) groups excluding carboxylic acids is 1. The molecule has 1 heterocycles. The molecule has 6 nitrogen and oxygen atoms in total. The van der Waals surface area contributed by atoms with Crippen LogP contribution in [0.4, 0.5) is 4.79 Å². The minimum Gasteiger partial charge on any atom is -0.450 e. The second-order valence-corrected chi connectivity index (χ2v) is 8.25. The van der Waals surface area contributed by atoms with Crippen LogP contribution >= 0.6 is 39.9 Å². The number of piperidine rings is 1. The van der Waals surface area contributed by atoms with E-state index in [4.69, 9.17) is 4.74 Å². The van der Waals surface area contributed by atoms with Crippen molar-refractivity contribution in [3.05, 3.63) is 34.3 Å². The van der Waals surface area contributed by atoms with Crippen LogP contribution in [-0.2, 0) is 10.2 Å². The minimum absolute atomic E-state index is 0. The highest BCUT2D eigenvalue weighted by Gasteiger charge is 2.26. The van der Waals surface area contributed by atoms with Crippen LogP contribution in [0.15, 0.2) is 33.7 Å². The van der Waals surface area contributed by atoms with E-state index in [1.165, 1.54) is 5.56 Å². The lowest BCUT2D eigenvalue weighted by atomic mass is 9.84. The second kappa shape index (κ2) is 11.8. The maximum absolute atomic E-state index is 11.8. The van der Waals surface area contributed by atoms with E-state index < -0.39 is 0 Å². The van der Waals surface area contributed by atoms with Gasteiger partial charge in [-0.2, -0.15) is 0 Å². The number of rotatable bonds is 5. The number of carbonyl (C=O) groups is 1. The van der Waals surface area contributed by atoms with E-state index in [0.717, 1.165) is 29.8 Å². The Morgan fingerprint density at radius 2 is 1.96 bits per heavy atom. The predicted octanol–water partition coefficient (Wildman–Crippen LogP) is 4.13. The van der Waals surface area contributed by atoms with E-state index in [2.05, 4.69) is 63.6 Å². The van der Waals surface area contributed by atoms with E-state index in [-0.39, 0.29) is 35.5 Å². The molecule has 1 aromatic rings. The summed E-state index contributed by atoms with van der Waals surface area (Å²) < 4.78 is 6.19. The highest BCUT2D eigenvalue weighted by Crippen LogP contribution is 2.29. The first-order valence-corrected chi connectivity index (χ1v) is 10.3. The average Bonchev–Trinajstić information content (AvgIpc) is 2.66. The number of likely N-dealkylation sites (tertiary alicyclic amines) is 1. The summed E-state index contributed by atoms with van der Waals surface area (Å²) in [6.45, 7) is 8.84. The molecular weight excluding hydrogens is 535 g/mol. The topological polar surface area (TPSA) is 66.0 Å². The fraction of sp³-hybridized carbons (Fsp3) is 0.600. The van der Waals surface area contributed by atoms with Crippen LogP contribution < -0.4 is 10.6 Å². The predicted molar refractivity (Wildman–Crippen MR) is 129 cm³/mol. The zero-order valence-corrected chi connectivity index (χ0v) is 21.0. The largest absolute Gasteiger partial charge is 0.450 e. The van der Waals surface area contributed by atoms with E-state index in [1.54, 1.807) is 11.9 Å². The standard InChI is InChI=1S/C20H31BrN4O2.HI/c1-5-27-19(26)25-12-10-15(11-13-25)24-18(22-4)23-14-20(2,3)16-8-6-7-9-17(16)21;/h6-9,15H,5,10-14H2,1-4H3,(H2,22,23,24);1H. The first-order valence-electron chi connectivity index (χ1n) is 9.51. The molecule has 0 radical (unpaired) electrons. The fourth-order valence-electron chi connectivity index (χ4n) is 3.22. The lowest BCUT2D eigenvalue weighted by Crippen LogP contribution is -2.51. The Kier molecular flexibility index (Phi) is 10.6. The summed E-state index contributed by atoms with van der Waals surface area (Å²) in [7, 11) is 1.79. The molecule has 2 rings (SSSR count). The van der Waals surface area contributed by atoms with Crippen molar-refractivity contribution < 1.29 is 9.53 Å². The minimum atomic E-state index is -0.214. The maximum Gasteiger partial charge on any atom is 0.409 e. The molecule has 1 aromatic carbocycles. The highest BCUT2D eigenvalue weighted by molar-refractivity contribution is 14.0. The smallest absolute Gasteiger partial charge is 0.409 e. The zero-order chi connectivity index (χ0) is 19.9. The maximum atomic E-state index is 11.8. The summed E-state index contributed by atoms with van der Waals surface area (Å²) in [5.41, 5.74) is 1.21.